The van der Waals surface area contributed by atoms with Crippen molar-refractivity contribution in [2.45, 2.75) is 39.0 Å². The number of piperidine rings is 1. The molecule has 1 saturated heterocycles. The average molecular weight is 317 g/mol. The van der Waals surface area contributed by atoms with Crippen LogP contribution in [0.5, 0.6) is 0 Å². The van der Waals surface area contributed by atoms with Crippen molar-refractivity contribution in [3.05, 3.63) is 12.0 Å². The molecule has 6 heteroatoms. The van der Waals surface area contributed by atoms with Crippen molar-refractivity contribution >= 4 is 16.9 Å². The fourth-order valence-corrected chi connectivity index (χ4v) is 3.41. The Morgan fingerprint density at radius 1 is 1.35 bits per heavy atom. The van der Waals surface area contributed by atoms with Gasteiger partial charge >= 0.3 is 0 Å². The van der Waals surface area contributed by atoms with Crippen LogP contribution in [-0.4, -0.2) is 46.6 Å². The van der Waals surface area contributed by atoms with E-state index < -0.39 is 0 Å². The number of fused-ring (bicyclic) bond motifs is 1. The number of hydrogen-bond donors (Lipinski definition) is 0. The summed E-state index contributed by atoms with van der Waals surface area (Å²) >= 11 is 0. The highest BCUT2D eigenvalue weighted by Crippen LogP contribution is 2.29. The number of nitrogens with zero attached hydrogens (tertiary/aromatic N) is 5. The number of methoxy groups -OCH3 is 1. The van der Waals surface area contributed by atoms with E-state index in [4.69, 9.17) is 14.7 Å². The number of aryl methyl sites for hydroxylation is 2. The number of ether oxygens (including phenoxy) is 1. The molecule has 0 spiro atoms. The third kappa shape index (κ3) is 3.47. The lowest BCUT2D eigenvalue weighted by Gasteiger charge is -2.34. The highest BCUT2D eigenvalue weighted by Gasteiger charge is 2.24. The van der Waals surface area contributed by atoms with Gasteiger partial charge in [0.2, 0.25) is 0 Å². The maximum absolute atomic E-state index is 5.25. The van der Waals surface area contributed by atoms with E-state index in [0.29, 0.717) is 5.92 Å². The normalized spacial score (nSPS) is 18.7. The second kappa shape index (κ2) is 7.25. The van der Waals surface area contributed by atoms with E-state index in [1.807, 2.05) is 17.9 Å². The van der Waals surface area contributed by atoms with Crippen molar-refractivity contribution in [3.8, 4) is 0 Å². The molecular formula is C17H27N5O. The maximum atomic E-state index is 5.25. The van der Waals surface area contributed by atoms with Gasteiger partial charge in [-0.05, 0) is 31.6 Å². The van der Waals surface area contributed by atoms with Crippen molar-refractivity contribution in [3.63, 3.8) is 0 Å². The Kier molecular flexibility index (Phi) is 5.10. The quantitative estimate of drug-likeness (QED) is 0.819. The van der Waals surface area contributed by atoms with Gasteiger partial charge in [-0.15, -0.1) is 0 Å². The largest absolute Gasteiger partial charge is 0.385 e. The molecule has 3 heterocycles. The minimum atomic E-state index is 0.681. The molecule has 6 nitrogen and oxygen atoms in total. The van der Waals surface area contributed by atoms with E-state index in [1.54, 1.807) is 7.11 Å². The SMILES string of the molecule is CCCc1nc(N2CCC[C@H](CCOC)C2)c2cnn(C)c2n1. The second-order valence-electron chi connectivity index (χ2n) is 6.45. The molecule has 0 saturated carbocycles. The van der Waals surface area contributed by atoms with Crippen molar-refractivity contribution in [1.29, 1.82) is 0 Å². The molecule has 2 aromatic heterocycles. The molecule has 1 aliphatic heterocycles. The standard InChI is InChI=1S/C17H27N5O/c1-4-6-15-19-16-14(11-18-21(16)2)17(20-15)22-9-5-7-13(12-22)8-10-23-3/h11,13H,4-10,12H2,1-3H3/t13-/m1/s1. The molecule has 2 aromatic rings. The van der Waals surface area contributed by atoms with Crippen molar-refractivity contribution in [2.75, 3.05) is 31.7 Å². The molecule has 23 heavy (non-hydrogen) atoms. The van der Waals surface area contributed by atoms with Crippen LogP contribution in [0, 0.1) is 5.92 Å². The van der Waals surface area contributed by atoms with Gasteiger partial charge in [-0.2, -0.15) is 5.10 Å². The van der Waals surface area contributed by atoms with Gasteiger partial charge < -0.3 is 9.64 Å². The number of rotatable bonds is 6. The summed E-state index contributed by atoms with van der Waals surface area (Å²) in [5.74, 6) is 2.67. The van der Waals surface area contributed by atoms with E-state index in [-0.39, 0.29) is 0 Å². The summed E-state index contributed by atoms with van der Waals surface area (Å²) in [6.07, 6.45) is 7.48. The molecule has 0 unspecified atom stereocenters. The fourth-order valence-electron chi connectivity index (χ4n) is 3.41. The summed E-state index contributed by atoms with van der Waals surface area (Å²) < 4.78 is 7.11. The third-order valence-electron chi connectivity index (χ3n) is 4.64. The summed E-state index contributed by atoms with van der Waals surface area (Å²) in [6.45, 7) is 5.12. The highest BCUT2D eigenvalue weighted by atomic mass is 16.5. The Balaban J connectivity index is 1.91. The first kappa shape index (κ1) is 16.2. The molecular weight excluding hydrogens is 290 g/mol. The van der Waals surface area contributed by atoms with Crippen LogP contribution in [0.3, 0.4) is 0 Å². The fraction of sp³-hybridized carbons (Fsp3) is 0.706. The number of anilines is 1. The van der Waals surface area contributed by atoms with Crippen molar-refractivity contribution in [2.24, 2.45) is 13.0 Å². The minimum Gasteiger partial charge on any atom is -0.385 e. The second-order valence-corrected chi connectivity index (χ2v) is 6.45. The smallest absolute Gasteiger partial charge is 0.163 e. The lowest BCUT2D eigenvalue weighted by Crippen LogP contribution is -2.36. The molecule has 0 aromatic carbocycles. The minimum absolute atomic E-state index is 0.681. The van der Waals surface area contributed by atoms with Crippen LogP contribution < -0.4 is 4.90 Å². The Labute approximate surface area is 137 Å². The Morgan fingerprint density at radius 2 is 2.22 bits per heavy atom. The monoisotopic (exact) mass is 317 g/mol. The van der Waals surface area contributed by atoms with E-state index in [0.717, 1.165) is 61.6 Å². The van der Waals surface area contributed by atoms with Crippen LogP contribution in [0.15, 0.2) is 6.20 Å². The van der Waals surface area contributed by atoms with Gasteiger partial charge in [0.25, 0.3) is 0 Å². The topological polar surface area (TPSA) is 56.1 Å². The van der Waals surface area contributed by atoms with Crippen molar-refractivity contribution < 1.29 is 4.74 Å². The van der Waals surface area contributed by atoms with Gasteiger partial charge in [0.1, 0.15) is 11.6 Å². The lowest BCUT2D eigenvalue weighted by atomic mass is 9.95. The first-order valence-electron chi connectivity index (χ1n) is 8.65. The average Bonchev–Trinajstić information content (AvgIpc) is 2.94. The zero-order valence-electron chi connectivity index (χ0n) is 14.5. The van der Waals surface area contributed by atoms with Crippen LogP contribution in [-0.2, 0) is 18.2 Å². The molecule has 1 atom stereocenters. The van der Waals surface area contributed by atoms with Gasteiger partial charge in [-0.25, -0.2) is 9.97 Å². The number of hydrogen-bond acceptors (Lipinski definition) is 5. The van der Waals surface area contributed by atoms with Crippen LogP contribution in [0.25, 0.3) is 11.0 Å². The third-order valence-corrected chi connectivity index (χ3v) is 4.64. The van der Waals surface area contributed by atoms with Gasteiger partial charge in [-0.3, -0.25) is 4.68 Å². The van der Waals surface area contributed by atoms with E-state index in [9.17, 15) is 0 Å². The van der Waals surface area contributed by atoms with Gasteiger partial charge in [0.05, 0.1) is 11.6 Å². The van der Waals surface area contributed by atoms with Crippen LogP contribution >= 0.6 is 0 Å². The molecule has 1 fully saturated rings. The summed E-state index contributed by atoms with van der Waals surface area (Å²) in [7, 11) is 3.73. The molecule has 126 valence electrons. The summed E-state index contributed by atoms with van der Waals surface area (Å²) in [4.78, 5) is 12.0. The van der Waals surface area contributed by atoms with Crippen molar-refractivity contribution in [1.82, 2.24) is 19.7 Å². The van der Waals surface area contributed by atoms with Gasteiger partial charge in [0.15, 0.2) is 5.65 Å². The zero-order chi connectivity index (χ0) is 16.2. The molecule has 0 amide bonds. The first-order chi connectivity index (χ1) is 11.2. The molecule has 3 rings (SSSR count). The van der Waals surface area contributed by atoms with E-state index >= 15 is 0 Å². The van der Waals surface area contributed by atoms with Gasteiger partial charge in [-0.1, -0.05) is 6.92 Å². The summed E-state index contributed by atoms with van der Waals surface area (Å²) in [6, 6.07) is 0. The molecule has 0 radical (unpaired) electrons. The van der Waals surface area contributed by atoms with Crippen LogP contribution in [0.4, 0.5) is 5.82 Å². The zero-order valence-corrected chi connectivity index (χ0v) is 14.5. The predicted molar refractivity (Wildman–Crippen MR) is 91.7 cm³/mol. The molecule has 0 N–H and O–H groups in total. The highest BCUT2D eigenvalue weighted by molar-refractivity contribution is 5.87. The van der Waals surface area contributed by atoms with E-state index in [1.165, 1.54) is 12.8 Å². The van der Waals surface area contributed by atoms with Crippen LogP contribution in [0.2, 0.25) is 0 Å². The Morgan fingerprint density at radius 3 is 3.00 bits per heavy atom. The summed E-state index contributed by atoms with van der Waals surface area (Å²) in [5, 5.41) is 5.46. The molecule has 0 aliphatic carbocycles. The van der Waals surface area contributed by atoms with E-state index in [2.05, 4.69) is 16.9 Å². The van der Waals surface area contributed by atoms with Gasteiger partial charge in [0, 0.05) is 40.3 Å². The Bertz CT molecular complexity index is 654. The maximum Gasteiger partial charge on any atom is 0.163 e. The number of aromatic nitrogens is 4. The molecule has 0 bridgehead atoms. The molecule has 1 aliphatic rings. The lowest BCUT2D eigenvalue weighted by molar-refractivity contribution is 0.172. The van der Waals surface area contributed by atoms with Crippen LogP contribution in [0.1, 0.15) is 38.4 Å². The summed E-state index contributed by atoms with van der Waals surface area (Å²) in [5.41, 5.74) is 0.942. The predicted octanol–water partition coefficient (Wildman–Crippen LogP) is 2.57. The first-order valence-corrected chi connectivity index (χ1v) is 8.65. The Hall–Kier alpha value is -1.69.